The van der Waals surface area contributed by atoms with Crippen LogP contribution in [0.25, 0.3) is 0 Å². The van der Waals surface area contributed by atoms with Crippen LogP contribution in [0.3, 0.4) is 0 Å². The van der Waals surface area contributed by atoms with Crippen LogP contribution in [0.1, 0.15) is 12.0 Å². The summed E-state index contributed by atoms with van der Waals surface area (Å²) >= 11 is 1.89. The molecular weight excluding hydrogens is 242 g/mol. The first-order valence-electron chi connectivity index (χ1n) is 6.17. The molecular formula is C14H19N3S. The lowest BCUT2D eigenvalue weighted by atomic mass is 10.2. The fourth-order valence-corrected chi connectivity index (χ4v) is 2.24. The molecule has 0 fully saturated rings. The third-order valence-corrected chi connectivity index (χ3v) is 3.38. The Bertz CT molecular complexity index is 454. The number of anilines is 1. The minimum Gasteiger partial charge on any atom is -0.385 e. The van der Waals surface area contributed by atoms with Gasteiger partial charge < -0.3 is 5.32 Å². The Labute approximate surface area is 113 Å². The highest BCUT2D eigenvalue weighted by Gasteiger charge is 1.97. The Kier molecular flexibility index (Phi) is 5.15. The smallest absolute Gasteiger partial charge is 0.0660 e. The third-order valence-electron chi connectivity index (χ3n) is 2.69. The zero-order valence-electron chi connectivity index (χ0n) is 10.7. The second-order valence-corrected chi connectivity index (χ2v) is 5.16. The Morgan fingerprint density at radius 3 is 3.06 bits per heavy atom. The van der Waals surface area contributed by atoms with Crippen molar-refractivity contribution in [2.24, 2.45) is 0 Å². The van der Waals surface area contributed by atoms with Crippen molar-refractivity contribution in [3.05, 3.63) is 48.3 Å². The van der Waals surface area contributed by atoms with Crippen molar-refractivity contribution in [3.8, 4) is 0 Å². The highest BCUT2D eigenvalue weighted by Crippen LogP contribution is 2.12. The predicted molar refractivity (Wildman–Crippen MR) is 79.3 cm³/mol. The van der Waals surface area contributed by atoms with Gasteiger partial charge in [-0.05, 0) is 42.2 Å². The van der Waals surface area contributed by atoms with Crippen LogP contribution in [-0.2, 0) is 6.54 Å². The van der Waals surface area contributed by atoms with Crippen molar-refractivity contribution < 1.29 is 0 Å². The molecule has 0 amide bonds. The van der Waals surface area contributed by atoms with Crippen LogP contribution >= 0.6 is 11.8 Å². The molecule has 0 aliphatic heterocycles. The molecule has 18 heavy (non-hydrogen) atoms. The first-order valence-corrected chi connectivity index (χ1v) is 7.57. The van der Waals surface area contributed by atoms with Crippen LogP contribution in [0.2, 0.25) is 0 Å². The highest BCUT2D eigenvalue weighted by molar-refractivity contribution is 7.98. The summed E-state index contributed by atoms with van der Waals surface area (Å²) < 4.78 is 1.94. The van der Waals surface area contributed by atoms with E-state index in [1.165, 1.54) is 23.4 Å². The molecule has 0 aliphatic carbocycles. The standard InChI is InChI=1S/C14H19N3S/c1-18-10-4-7-15-14-6-2-5-13(11-14)12-17-9-3-8-16-17/h2-3,5-6,8-9,11,15H,4,7,10,12H2,1H3. The Morgan fingerprint density at radius 2 is 2.28 bits per heavy atom. The van der Waals surface area contributed by atoms with Gasteiger partial charge in [-0.3, -0.25) is 4.68 Å². The van der Waals surface area contributed by atoms with E-state index in [-0.39, 0.29) is 0 Å². The number of nitrogens with one attached hydrogen (secondary N) is 1. The van der Waals surface area contributed by atoms with E-state index in [1.54, 1.807) is 0 Å². The Balaban J connectivity index is 1.88. The summed E-state index contributed by atoms with van der Waals surface area (Å²) in [4.78, 5) is 0. The van der Waals surface area contributed by atoms with Gasteiger partial charge in [0.2, 0.25) is 0 Å². The summed E-state index contributed by atoms with van der Waals surface area (Å²) in [5.41, 5.74) is 2.47. The number of aromatic nitrogens is 2. The molecule has 1 aromatic carbocycles. The highest BCUT2D eigenvalue weighted by atomic mass is 32.2. The van der Waals surface area contributed by atoms with E-state index in [0.29, 0.717) is 0 Å². The van der Waals surface area contributed by atoms with E-state index in [0.717, 1.165) is 13.1 Å². The maximum atomic E-state index is 4.22. The maximum absolute atomic E-state index is 4.22. The molecule has 2 rings (SSSR count). The predicted octanol–water partition coefficient (Wildman–Crippen LogP) is 3.10. The first-order chi connectivity index (χ1) is 8.88. The van der Waals surface area contributed by atoms with Crippen molar-refractivity contribution in [3.63, 3.8) is 0 Å². The lowest BCUT2D eigenvalue weighted by molar-refractivity contribution is 0.687. The quantitative estimate of drug-likeness (QED) is 0.777. The first kappa shape index (κ1) is 13.0. The van der Waals surface area contributed by atoms with E-state index >= 15 is 0 Å². The average Bonchev–Trinajstić information content (AvgIpc) is 2.88. The summed E-state index contributed by atoms with van der Waals surface area (Å²) in [5, 5.41) is 7.68. The van der Waals surface area contributed by atoms with Gasteiger partial charge in [0.25, 0.3) is 0 Å². The molecule has 1 aromatic heterocycles. The van der Waals surface area contributed by atoms with Crippen LogP contribution in [0.4, 0.5) is 5.69 Å². The summed E-state index contributed by atoms with van der Waals surface area (Å²) in [5.74, 6) is 1.21. The van der Waals surface area contributed by atoms with Gasteiger partial charge in [0, 0.05) is 24.6 Å². The van der Waals surface area contributed by atoms with E-state index in [2.05, 4.69) is 40.9 Å². The minimum absolute atomic E-state index is 0.827. The second-order valence-electron chi connectivity index (χ2n) is 4.18. The number of nitrogens with zero attached hydrogens (tertiary/aromatic N) is 2. The molecule has 0 aliphatic rings. The van der Waals surface area contributed by atoms with Gasteiger partial charge in [-0.25, -0.2) is 0 Å². The lowest BCUT2D eigenvalue weighted by Gasteiger charge is -2.08. The number of hydrogen-bond donors (Lipinski definition) is 1. The van der Waals surface area contributed by atoms with Crippen molar-refractivity contribution in [1.82, 2.24) is 9.78 Å². The van der Waals surface area contributed by atoms with E-state index in [9.17, 15) is 0 Å². The van der Waals surface area contributed by atoms with Crippen LogP contribution in [0, 0.1) is 0 Å². The zero-order valence-corrected chi connectivity index (χ0v) is 11.5. The molecule has 0 saturated heterocycles. The van der Waals surface area contributed by atoms with Gasteiger partial charge >= 0.3 is 0 Å². The topological polar surface area (TPSA) is 29.9 Å². The molecule has 0 radical (unpaired) electrons. The molecule has 96 valence electrons. The maximum Gasteiger partial charge on any atom is 0.0660 e. The zero-order chi connectivity index (χ0) is 12.6. The van der Waals surface area contributed by atoms with Gasteiger partial charge in [-0.1, -0.05) is 12.1 Å². The van der Waals surface area contributed by atoms with E-state index in [1.807, 2.05) is 34.9 Å². The van der Waals surface area contributed by atoms with Gasteiger partial charge in [0.15, 0.2) is 0 Å². The van der Waals surface area contributed by atoms with Crippen LogP contribution < -0.4 is 5.32 Å². The van der Waals surface area contributed by atoms with Gasteiger partial charge in [-0.15, -0.1) is 0 Å². The molecule has 2 aromatic rings. The molecule has 1 heterocycles. The number of rotatable bonds is 7. The normalized spacial score (nSPS) is 10.5. The molecule has 4 heteroatoms. The van der Waals surface area contributed by atoms with Crippen LogP contribution in [-0.4, -0.2) is 28.3 Å². The molecule has 3 nitrogen and oxygen atoms in total. The third kappa shape index (κ3) is 4.11. The fraction of sp³-hybridized carbons (Fsp3) is 0.357. The van der Waals surface area contributed by atoms with E-state index in [4.69, 9.17) is 0 Å². The van der Waals surface area contributed by atoms with Crippen LogP contribution in [0.15, 0.2) is 42.7 Å². The van der Waals surface area contributed by atoms with Crippen molar-refractivity contribution >= 4 is 17.4 Å². The van der Waals surface area contributed by atoms with Crippen LogP contribution in [0.5, 0.6) is 0 Å². The van der Waals surface area contributed by atoms with Gasteiger partial charge in [0.1, 0.15) is 0 Å². The molecule has 0 bridgehead atoms. The largest absolute Gasteiger partial charge is 0.385 e. The SMILES string of the molecule is CSCCCNc1cccc(Cn2cccn2)c1. The molecule has 0 saturated carbocycles. The van der Waals surface area contributed by atoms with E-state index < -0.39 is 0 Å². The minimum atomic E-state index is 0.827. The van der Waals surface area contributed by atoms with Crippen molar-refractivity contribution in [2.45, 2.75) is 13.0 Å². The molecule has 0 unspecified atom stereocenters. The number of hydrogen-bond acceptors (Lipinski definition) is 3. The second kappa shape index (κ2) is 7.11. The van der Waals surface area contributed by atoms with Crippen molar-refractivity contribution in [2.75, 3.05) is 23.9 Å². The molecule has 0 spiro atoms. The lowest BCUT2D eigenvalue weighted by Crippen LogP contribution is -2.04. The summed E-state index contributed by atoms with van der Waals surface area (Å²) in [6, 6.07) is 10.5. The summed E-state index contributed by atoms with van der Waals surface area (Å²) in [7, 11) is 0. The van der Waals surface area contributed by atoms with Crippen molar-refractivity contribution in [1.29, 1.82) is 0 Å². The van der Waals surface area contributed by atoms with Gasteiger partial charge in [0.05, 0.1) is 6.54 Å². The molecule has 1 N–H and O–H groups in total. The Morgan fingerprint density at radius 1 is 1.33 bits per heavy atom. The number of thioether (sulfide) groups is 1. The Hall–Kier alpha value is -1.42. The van der Waals surface area contributed by atoms with Gasteiger partial charge in [-0.2, -0.15) is 16.9 Å². The average molecular weight is 261 g/mol. The fourth-order valence-electron chi connectivity index (χ4n) is 1.81. The summed E-state index contributed by atoms with van der Waals surface area (Å²) in [6.45, 7) is 1.86. The monoisotopic (exact) mass is 261 g/mol. The molecule has 0 atom stereocenters. The number of benzene rings is 1. The summed E-state index contributed by atoms with van der Waals surface area (Å²) in [6.07, 6.45) is 7.14.